The van der Waals surface area contributed by atoms with Crippen LogP contribution in [-0.4, -0.2) is 58.2 Å². The van der Waals surface area contributed by atoms with Gasteiger partial charge in [-0.2, -0.15) is 18.3 Å². The van der Waals surface area contributed by atoms with Crippen LogP contribution in [0.25, 0.3) is 5.52 Å². The molecule has 3 heterocycles. The highest BCUT2D eigenvalue weighted by Crippen LogP contribution is 2.51. The smallest absolute Gasteiger partial charge is 0.364 e. The number of fused-ring (bicyclic) bond motifs is 2. The molecule has 4 rings (SSSR count). The molecule has 10 heteroatoms. The predicted octanol–water partition coefficient (Wildman–Crippen LogP) is 2.94. The molecule has 1 aliphatic carbocycles. The number of pyridine rings is 1. The predicted molar refractivity (Wildman–Crippen MR) is 109 cm³/mol. The maximum absolute atomic E-state index is 13.2. The molecule has 6 nitrogen and oxygen atoms in total. The van der Waals surface area contributed by atoms with Crippen molar-refractivity contribution in [1.29, 1.82) is 0 Å². The molecule has 30 heavy (non-hydrogen) atoms. The fourth-order valence-corrected chi connectivity index (χ4v) is 4.67. The molecule has 1 saturated heterocycles. The largest absolute Gasteiger partial charge is 0.446 e. The number of carbonyl (C=O) groups is 1. The molecule has 2 aromatic heterocycles. The van der Waals surface area contributed by atoms with Gasteiger partial charge in [0, 0.05) is 25.6 Å². The van der Waals surface area contributed by atoms with E-state index in [0.29, 0.717) is 17.3 Å². The summed E-state index contributed by atoms with van der Waals surface area (Å²) in [7, 11) is 2.10. The first-order chi connectivity index (χ1) is 14.2. The number of carbonyl (C=O) groups excluding carboxylic acids is 1. The number of nitrogens with zero attached hydrogens (tertiary/aromatic N) is 3. The number of hydrogen-bond donors (Lipinski definition) is 2. The van der Waals surface area contributed by atoms with Crippen molar-refractivity contribution in [2.45, 2.75) is 35.7 Å². The third kappa shape index (κ3) is 4.37. The number of rotatable bonds is 4. The van der Waals surface area contributed by atoms with Gasteiger partial charge >= 0.3 is 5.51 Å². The Bertz CT molecular complexity index is 1040. The minimum atomic E-state index is -4.46. The van der Waals surface area contributed by atoms with Crippen molar-refractivity contribution in [3.8, 4) is 11.8 Å². The maximum atomic E-state index is 13.2. The highest BCUT2D eigenvalue weighted by atomic mass is 32.2. The van der Waals surface area contributed by atoms with Gasteiger partial charge in [-0.3, -0.25) is 4.79 Å². The van der Waals surface area contributed by atoms with Crippen LogP contribution >= 0.6 is 11.8 Å². The van der Waals surface area contributed by atoms with Gasteiger partial charge in [0.25, 0.3) is 0 Å². The Morgan fingerprint density at radius 1 is 1.43 bits per heavy atom. The Hall–Kier alpha value is -2.38. The first-order valence-corrected chi connectivity index (χ1v) is 10.5. The second-order valence-electron chi connectivity index (χ2n) is 7.84. The van der Waals surface area contributed by atoms with Crippen LogP contribution in [0.2, 0.25) is 0 Å². The first kappa shape index (κ1) is 20.9. The van der Waals surface area contributed by atoms with E-state index >= 15 is 0 Å². The van der Waals surface area contributed by atoms with Crippen LogP contribution in [0.15, 0.2) is 23.1 Å². The molecular formula is C20H22F3N5OS. The fourth-order valence-electron chi connectivity index (χ4n) is 3.99. The summed E-state index contributed by atoms with van der Waals surface area (Å²) in [5.74, 6) is 6.30. The molecule has 0 aromatic carbocycles. The van der Waals surface area contributed by atoms with E-state index in [2.05, 4.69) is 39.5 Å². The lowest BCUT2D eigenvalue weighted by Crippen LogP contribution is -2.39. The molecule has 2 unspecified atom stereocenters. The summed E-state index contributed by atoms with van der Waals surface area (Å²) >= 11 is -0.215. The van der Waals surface area contributed by atoms with E-state index in [0.717, 1.165) is 25.9 Å². The standard InChI is InChI=1S/C20H22F3N5OS/c1-13(29)24-9-4-5-15-18(30-20(21,22)23)16-6-3-7-17(28(16)26-15)25-19-8-10-27(2)12-14(19)11-19/h3,6-7,14,25H,8-12H2,1-2H3,(H,24,29). The van der Waals surface area contributed by atoms with E-state index in [9.17, 15) is 18.0 Å². The minimum absolute atomic E-state index is 0.0126. The summed E-state index contributed by atoms with van der Waals surface area (Å²) in [5, 5.41) is 10.4. The number of piperidine rings is 1. The molecule has 1 saturated carbocycles. The van der Waals surface area contributed by atoms with Gasteiger partial charge in [-0.15, -0.1) is 0 Å². The Morgan fingerprint density at radius 2 is 2.23 bits per heavy atom. The van der Waals surface area contributed by atoms with Crippen molar-refractivity contribution < 1.29 is 18.0 Å². The molecular weight excluding hydrogens is 415 g/mol. The van der Waals surface area contributed by atoms with Crippen molar-refractivity contribution in [1.82, 2.24) is 19.8 Å². The molecule has 0 radical (unpaired) electrons. The highest BCUT2D eigenvalue weighted by molar-refractivity contribution is 8.00. The number of halogens is 3. The number of nitrogens with one attached hydrogen (secondary N) is 2. The molecule has 0 spiro atoms. The number of aromatic nitrogens is 2. The average Bonchev–Trinajstić information content (AvgIpc) is 3.24. The zero-order chi connectivity index (χ0) is 21.5. The van der Waals surface area contributed by atoms with E-state index in [1.165, 1.54) is 11.4 Å². The molecule has 2 atom stereocenters. The van der Waals surface area contributed by atoms with Gasteiger partial charge in [-0.25, -0.2) is 4.52 Å². The lowest BCUT2D eigenvalue weighted by Gasteiger charge is -2.30. The summed E-state index contributed by atoms with van der Waals surface area (Å²) in [5.41, 5.74) is -4.07. The van der Waals surface area contributed by atoms with E-state index in [-0.39, 0.29) is 40.3 Å². The van der Waals surface area contributed by atoms with Gasteiger partial charge in [-0.05, 0) is 55.6 Å². The second kappa shape index (κ2) is 7.71. The van der Waals surface area contributed by atoms with Crippen LogP contribution in [0.4, 0.5) is 19.0 Å². The third-order valence-electron chi connectivity index (χ3n) is 5.54. The third-order valence-corrected chi connectivity index (χ3v) is 6.38. The Balaban J connectivity index is 1.68. The van der Waals surface area contributed by atoms with Crippen molar-refractivity contribution in [3.05, 3.63) is 23.9 Å². The summed E-state index contributed by atoms with van der Waals surface area (Å²) in [6.45, 7) is 3.39. The van der Waals surface area contributed by atoms with Crippen LogP contribution in [0.1, 0.15) is 25.5 Å². The lowest BCUT2D eigenvalue weighted by molar-refractivity contribution is -0.118. The summed E-state index contributed by atoms with van der Waals surface area (Å²) in [6.07, 6.45) is 2.03. The molecule has 2 aromatic rings. The number of likely N-dealkylation sites (tertiary alicyclic amines) is 1. The molecule has 1 amide bonds. The van der Waals surface area contributed by atoms with Crippen molar-refractivity contribution >= 4 is 29.0 Å². The van der Waals surface area contributed by atoms with Crippen molar-refractivity contribution in [2.75, 3.05) is 32.0 Å². The lowest BCUT2D eigenvalue weighted by atomic mass is 10.1. The number of thioether (sulfide) groups is 1. The van der Waals surface area contributed by atoms with Gasteiger partial charge in [0.15, 0.2) is 0 Å². The molecule has 2 fully saturated rings. The van der Waals surface area contributed by atoms with Crippen molar-refractivity contribution in [2.24, 2.45) is 5.92 Å². The quantitative estimate of drug-likeness (QED) is 0.569. The van der Waals surface area contributed by atoms with Crippen LogP contribution < -0.4 is 10.6 Å². The van der Waals surface area contributed by atoms with Gasteiger partial charge in [-0.1, -0.05) is 12.0 Å². The zero-order valence-corrected chi connectivity index (χ0v) is 17.5. The topological polar surface area (TPSA) is 61.7 Å². The summed E-state index contributed by atoms with van der Waals surface area (Å²) in [4.78, 5) is 13.2. The fraction of sp³-hybridized carbons (Fsp3) is 0.500. The molecule has 2 aliphatic rings. The van der Waals surface area contributed by atoms with Gasteiger partial charge in [0.2, 0.25) is 5.91 Å². The van der Waals surface area contributed by atoms with Crippen molar-refractivity contribution in [3.63, 3.8) is 0 Å². The van der Waals surface area contributed by atoms with E-state index < -0.39 is 5.51 Å². The monoisotopic (exact) mass is 437 g/mol. The average molecular weight is 437 g/mol. The number of alkyl halides is 3. The second-order valence-corrected chi connectivity index (χ2v) is 8.91. The van der Waals surface area contributed by atoms with E-state index in [4.69, 9.17) is 0 Å². The molecule has 160 valence electrons. The van der Waals surface area contributed by atoms with Gasteiger partial charge in [0.05, 0.1) is 17.0 Å². The van der Waals surface area contributed by atoms with E-state index in [1.807, 2.05) is 6.07 Å². The van der Waals surface area contributed by atoms with Crippen LogP contribution in [0, 0.1) is 17.8 Å². The van der Waals surface area contributed by atoms with Gasteiger partial charge in [0.1, 0.15) is 11.5 Å². The van der Waals surface area contributed by atoms with Gasteiger partial charge < -0.3 is 15.5 Å². The Kier molecular flexibility index (Phi) is 5.36. The molecule has 2 N–H and O–H groups in total. The number of anilines is 1. The zero-order valence-electron chi connectivity index (χ0n) is 16.6. The van der Waals surface area contributed by atoms with Crippen LogP contribution in [0.5, 0.6) is 0 Å². The minimum Gasteiger partial charge on any atom is -0.364 e. The normalized spacial score (nSPS) is 23.4. The summed E-state index contributed by atoms with van der Waals surface area (Å²) < 4.78 is 41.1. The number of hydrogen-bond acceptors (Lipinski definition) is 5. The molecule has 1 aliphatic heterocycles. The SMILES string of the molecule is CC(=O)NCC#Cc1nn2c(NC34CCN(C)CC3C4)cccc2c1SC(F)(F)F. The first-order valence-electron chi connectivity index (χ1n) is 9.64. The summed E-state index contributed by atoms with van der Waals surface area (Å²) in [6, 6.07) is 5.18. The highest BCUT2D eigenvalue weighted by Gasteiger charge is 2.56. The Labute approximate surface area is 176 Å². The number of amides is 1. The van der Waals surface area contributed by atoms with Crippen LogP contribution in [0.3, 0.4) is 0 Å². The Morgan fingerprint density at radius 3 is 2.93 bits per heavy atom. The maximum Gasteiger partial charge on any atom is 0.446 e. The molecule has 0 bridgehead atoms. The van der Waals surface area contributed by atoms with Crippen LogP contribution in [-0.2, 0) is 4.79 Å². The van der Waals surface area contributed by atoms with E-state index in [1.54, 1.807) is 12.1 Å².